The average Bonchev–Trinajstić information content (AvgIpc) is 2.04. The lowest BCUT2D eigenvalue weighted by Gasteiger charge is -2.33. The van der Waals surface area contributed by atoms with Gasteiger partial charge in [-0.15, -0.1) is 12.4 Å². The smallest absolute Gasteiger partial charge is 0.209 e. The van der Waals surface area contributed by atoms with Gasteiger partial charge in [-0.1, -0.05) is 0 Å². The monoisotopic (exact) mass is 194 g/mol. The summed E-state index contributed by atoms with van der Waals surface area (Å²) in [6, 6.07) is -0.0288. The second-order valence-corrected chi connectivity index (χ2v) is 2.83. The molecule has 5 heteroatoms. The molecule has 0 unspecified atom stereocenters. The predicted octanol–water partition coefficient (Wildman–Crippen LogP) is -0.387. The number of ether oxygens (including phenoxy) is 1. The van der Waals surface area contributed by atoms with Gasteiger partial charge in [0.15, 0.2) is 0 Å². The van der Waals surface area contributed by atoms with E-state index in [1.54, 1.807) is 12.0 Å². The Morgan fingerprint density at radius 3 is 2.75 bits per heavy atom. The summed E-state index contributed by atoms with van der Waals surface area (Å²) in [5.41, 5.74) is 5.73. The van der Waals surface area contributed by atoms with Gasteiger partial charge in [-0.05, 0) is 6.42 Å². The van der Waals surface area contributed by atoms with Crippen molar-refractivity contribution < 1.29 is 9.53 Å². The van der Waals surface area contributed by atoms with Gasteiger partial charge < -0.3 is 15.4 Å². The van der Waals surface area contributed by atoms with Crippen LogP contribution >= 0.6 is 12.4 Å². The van der Waals surface area contributed by atoms with Gasteiger partial charge in [-0.3, -0.25) is 4.79 Å². The number of rotatable bonds is 2. The first-order valence-corrected chi connectivity index (χ1v) is 3.75. The van der Waals surface area contributed by atoms with Gasteiger partial charge in [-0.25, -0.2) is 0 Å². The lowest BCUT2D eigenvalue weighted by Crippen LogP contribution is -2.51. The van der Waals surface area contributed by atoms with Gasteiger partial charge in [0.2, 0.25) is 6.41 Å². The molecule has 1 heterocycles. The Kier molecular flexibility index (Phi) is 5.20. The first kappa shape index (κ1) is 11.7. The number of nitrogens with two attached hydrogens (primary N) is 1. The molecule has 72 valence electrons. The third-order valence-corrected chi connectivity index (χ3v) is 2.08. The molecule has 4 nitrogen and oxygen atoms in total. The van der Waals surface area contributed by atoms with Crippen molar-refractivity contribution in [2.75, 3.05) is 20.2 Å². The van der Waals surface area contributed by atoms with Crippen LogP contribution in [0.1, 0.15) is 6.42 Å². The molecule has 1 rings (SSSR count). The summed E-state index contributed by atoms with van der Waals surface area (Å²) in [6.07, 6.45) is 1.80. The van der Waals surface area contributed by atoms with Gasteiger partial charge in [0, 0.05) is 26.2 Å². The van der Waals surface area contributed by atoms with Crippen LogP contribution in [0.5, 0.6) is 0 Å². The van der Waals surface area contributed by atoms with Gasteiger partial charge in [0.05, 0.1) is 6.10 Å². The third-order valence-electron chi connectivity index (χ3n) is 2.08. The number of nitrogens with zero attached hydrogens (tertiary/aromatic N) is 1. The summed E-state index contributed by atoms with van der Waals surface area (Å²) in [7, 11) is 1.65. The zero-order valence-electron chi connectivity index (χ0n) is 7.10. The van der Waals surface area contributed by atoms with Crippen molar-refractivity contribution in [1.82, 2.24) is 4.90 Å². The second kappa shape index (κ2) is 5.35. The normalized spacial score (nSPS) is 29.3. The fraction of sp³-hybridized carbons (Fsp3) is 0.857. The van der Waals surface area contributed by atoms with Crippen LogP contribution in [-0.2, 0) is 9.53 Å². The molecule has 1 saturated heterocycles. The Bertz CT molecular complexity index is 145. The molecule has 0 spiro atoms. The van der Waals surface area contributed by atoms with Crippen LogP contribution in [0.3, 0.4) is 0 Å². The highest BCUT2D eigenvalue weighted by Gasteiger charge is 2.24. The van der Waals surface area contributed by atoms with Crippen molar-refractivity contribution in [1.29, 1.82) is 0 Å². The molecule has 0 saturated carbocycles. The lowest BCUT2D eigenvalue weighted by molar-refractivity contribution is -0.120. The molecule has 0 bridgehead atoms. The van der Waals surface area contributed by atoms with Gasteiger partial charge in [0.1, 0.15) is 0 Å². The van der Waals surface area contributed by atoms with Gasteiger partial charge >= 0.3 is 0 Å². The maximum Gasteiger partial charge on any atom is 0.209 e. The summed E-state index contributed by atoms with van der Waals surface area (Å²) in [5.74, 6) is 0. The van der Waals surface area contributed by atoms with Gasteiger partial charge in [0.25, 0.3) is 0 Å². The van der Waals surface area contributed by atoms with Crippen molar-refractivity contribution in [2.45, 2.75) is 18.6 Å². The van der Waals surface area contributed by atoms with Crippen LogP contribution in [0.15, 0.2) is 0 Å². The number of hydrogen-bond acceptors (Lipinski definition) is 3. The number of hydrogen-bond donors (Lipinski definition) is 1. The zero-order chi connectivity index (χ0) is 8.27. The quantitative estimate of drug-likeness (QED) is 0.610. The summed E-state index contributed by atoms with van der Waals surface area (Å²) >= 11 is 0. The highest BCUT2D eigenvalue weighted by atomic mass is 35.5. The Hall–Kier alpha value is -0.320. The number of carbonyl (C=O) groups is 1. The first-order chi connectivity index (χ1) is 5.27. The molecular weight excluding hydrogens is 180 g/mol. The fourth-order valence-corrected chi connectivity index (χ4v) is 1.38. The van der Waals surface area contributed by atoms with E-state index in [9.17, 15) is 4.79 Å². The van der Waals surface area contributed by atoms with E-state index in [4.69, 9.17) is 10.5 Å². The molecule has 1 aliphatic heterocycles. The highest BCUT2D eigenvalue weighted by Crippen LogP contribution is 2.10. The van der Waals surface area contributed by atoms with Crippen LogP contribution in [0.4, 0.5) is 0 Å². The molecule has 12 heavy (non-hydrogen) atoms. The SMILES string of the molecule is CO[C@H]1CCN(C=O)C[C@@H]1N.Cl. The van der Waals surface area contributed by atoms with E-state index in [-0.39, 0.29) is 24.6 Å². The molecule has 0 aromatic rings. The number of carbonyl (C=O) groups excluding carboxylic acids is 1. The molecule has 0 radical (unpaired) electrons. The van der Waals surface area contributed by atoms with E-state index < -0.39 is 0 Å². The molecule has 1 aliphatic rings. The maximum absolute atomic E-state index is 10.3. The van der Waals surface area contributed by atoms with Crippen molar-refractivity contribution in [2.24, 2.45) is 5.73 Å². The minimum atomic E-state index is -0.0288. The Morgan fingerprint density at radius 2 is 2.33 bits per heavy atom. The number of halogens is 1. The predicted molar refractivity (Wildman–Crippen MR) is 48.3 cm³/mol. The molecular formula is C7H15ClN2O2. The summed E-state index contributed by atoms with van der Waals surface area (Å²) in [6.45, 7) is 1.37. The van der Waals surface area contributed by atoms with Crippen molar-refractivity contribution in [3.8, 4) is 0 Å². The molecule has 1 amide bonds. The highest BCUT2D eigenvalue weighted by molar-refractivity contribution is 5.85. The van der Waals surface area contributed by atoms with E-state index in [0.717, 1.165) is 19.4 Å². The molecule has 0 aliphatic carbocycles. The maximum atomic E-state index is 10.3. The van der Waals surface area contributed by atoms with Crippen LogP contribution < -0.4 is 5.73 Å². The summed E-state index contributed by atoms with van der Waals surface area (Å²) in [4.78, 5) is 12.0. The van der Waals surface area contributed by atoms with E-state index in [0.29, 0.717) is 6.54 Å². The van der Waals surface area contributed by atoms with Crippen molar-refractivity contribution in [3.05, 3.63) is 0 Å². The number of piperidine rings is 1. The molecule has 2 atom stereocenters. The number of amides is 1. The standard InChI is InChI=1S/C7H14N2O2.ClH/c1-11-7-2-3-9(5-10)4-6(7)8;/h5-7H,2-4,8H2,1H3;1H/t6-,7-;/m0./s1. The largest absolute Gasteiger partial charge is 0.380 e. The fourth-order valence-electron chi connectivity index (χ4n) is 1.38. The van der Waals surface area contributed by atoms with Crippen LogP contribution in [0, 0.1) is 0 Å². The third kappa shape index (κ3) is 2.62. The minimum absolute atomic E-state index is 0. The topological polar surface area (TPSA) is 55.6 Å². The van der Waals surface area contributed by atoms with Crippen LogP contribution in [0.25, 0.3) is 0 Å². The van der Waals surface area contributed by atoms with Gasteiger partial charge in [-0.2, -0.15) is 0 Å². The van der Waals surface area contributed by atoms with Crippen molar-refractivity contribution in [3.63, 3.8) is 0 Å². The molecule has 1 fully saturated rings. The Labute approximate surface area is 78.5 Å². The molecule has 2 N–H and O–H groups in total. The zero-order valence-corrected chi connectivity index (χ0v) is 7.92. The average molecular weight is 195 g/mol. The second-order valence-electron chi connectivity index (χ2n) is 2.83. The van der Waals surface area contributed by atoms with Crippen LogP contribution in [-0.4, -0.2) is 43.7 Å². The minimum Gasteiger partial charge on any atom is -0.380 e. The van der Waals surface area contributed by atoms with E-state index in [1.807, 2.05) is 0 Å². The van der Waals surface area contributed by atoms with E-state index in [1.165, 1.54) is 0 Å². The van der Waals surface area contributed by atoms with Crippen LogP contribution in [0.2, 0.25) is 0 Å². The Morgan fingerprint density at radius 1 is 1.67 bits per heavy atom. The number of likely N-dealkylation sites (tertiary alicyclic amines) is 1. The number of methoxy groups -OCH3 is 1. The summed E-state index contributed by atoms with van der Waals surface area (Å²) in [5, 5.41) is 0. The molecule has 0 aromatic heterocycles. The lowest BCUT2D eigenvalue weighted by atomic mass is 10.0. The Balaban J connectivity index is 0.00000121. The first-order valence-electron chi connectivity index (χ1n) is 3.75. The molecule has 0 aromatic carbocycles. The van der Waals surface area contributed by atoms with E-state index in [2.05, 4.69) is 0 Å². The van der Waals surface area contributed by atoms with E-state index >= 15 is 0 Å². The summed E-state index contributed by atoms with van der Waals surface area (Å²) < 4.78 is 5.13. The van der Waals surface area contributed by atoms with Crippen molar-refractivity contribution >= 4 is 18.8 Å².